The molecule has 2 fully saturated rings. The summed E-state index contributed by atoms with van der Waals surface area (Å²) in [6.45, 7) is 2.26. The van der Waals surface area contributed by atoms with Crippen LogP contribution in [0.5, 0.6) is 0 Å². The van der Waals surface area contributed by atoms with Gasteiger partial charge in [-0.2, -0.15) is 0 Å². The molecule has 1 aliphatic heterocycles. The van der Waals surface area contributed by atoms with Crippen LogP contribution in [0.15, 0.2) is 47.3 Å². The number of nitrogens with one attached hydrogen (secondary N) is 1. The van der Waals surface area contributed by atoms with E-state index in [-0.39, 0.29) is 29.0 Å². The fourth-order valence-electron chi connectivity index (χ4n) is 4.92. The lowest BCUT2D eigenvalue weighted by molar-refractivity contribution is -0.110. The number of benzene rings is 1. The number of aryl methyl sites for hydroxylation is 1. The number of nitrogens with zero attached hydrogens (tertiary/aromatic N) is 1. The van der Waals surface area contributed by atoms with Gasteiger partial charge in [-0.25, -0.2) is 0 Å². The van der Waals surface area contributed by atoms with Crippen LogP contribution >= 0.6 is 0 Å². The predicted molar refractivity (Wildman–Crippen MR) is 104 cm³/mol. The molecule has 1 aromatic heterocycles. The first kappa shape index (κ1) is 18.0. The maximum atomic E-state index is 13.2. The van der Waals surface area contributed by atoms with E-state index in [0.717, 1.165) is 36.9 Å². The number of amides is 1. The Morgan fingerprint density at radius 3 is 2.63 bits per heavy atom. The van der Waals surface area contributed by atoms with E-state index >= 15 is 0 Å². The van der Waals surface area contributed by atoms with E-state index in [1.54, 1.807) is 19.1 Å². The number of aliphatic hydroxyl groups is 1. The number of aromatic nitrogens is 1. The Bertz CT molecular complexity index is 892. The minimum Gasteiger partial charge on any atom is -0.385 e. The zero-order valence-corrected chi connectivity index (χ0v) is 15.6. The molecule has 4 rings (SSSR count). The highest BCUT2D eigenvalue weighted by Crippen LogP contribution is 2.47. The second kappa shape index (κ2) is 6.97. The van der Waals surface area contributed by atoms with Crippen molar-refractivity contribution < 1.29 is 9.90 Å². The molecule has 1 aliphatic carbocycles. The summed E-state index contributed by atoms with van der Waals surface area (Å²) in [7, 11) is 0. The average molecular weight is 366 g/mol. The zero-order chi connectivity index (χ0) is 19.0. The molecule has 3 atom stereocenters. The molecule has 2 N–H and O–H groups in total. The predicted octanol–water partition coefficient (Wildman–Crippen LogP) is 2.98. The van der Waals surface area contributed by atoms with Crippen LogP contribution in [0.1, 0.15) is 53.7 Å². The van der Waals surface area contributed by atoms with Crippen LogP contribution in [0.4, 0.5) is 0 Å². The third-order valence-electron chi connectivity index (χ3n) is 6.30. The molecule has 5 nitrogen and oxygen atoms in total. The second-order valence-electron chi connectivity index (χ2n) is 7.88. The second-order valence-corrected chi connectivity index (χ2v) is 7.88. The standard InChI is InChI=1S/C22H26N2O3/c1-15-11-12-17(20(25)23-15)21(26)24-14-13-22(27,16-7-3-2-4-8-16)18-9-5-6-10-19(18)24/h2-4,7-8,11-12,18-19,27H,5-6,9-10,13-14H2,1H3,(H,23,25)/t18-,19+,22?/m1/s1. The van der Waals surface area contributed by atoms with Crippen LogP contribution in [-0.2, 0) is 5.60 Å². The number of hydrogen-bond acceptors (Lipinski definition) is 3. The summed E-state index contributed by atoms with van der Waals surface area (Å²) in [5, 5.41) is 11.6. The van der Waals surface area contributed by atoms with Crippen LogP contribution in [0.3, 0.4) is 0 Å². The van der Waals surface area contributed by atoms with Crippen molar-refractivity contribution in [1.82, 2.24) is 9.88 Å². The van der Waals surface area contributed by atoms with Crippen molar-refractivity contribution in [2.24, 2.45) is 5.92 Å². The van der Waals surface area contributed by atoms with Crippen molar-refractivity contribution in [2.75, 3.05) is 6.54 Å². The number of fused-ring (bicyclic) bond motifs is 1. The topological polar surface area (TPSA) is 73.4 Å². The van der Waals surface area contributed by atoms with Crippen molar-refractivity contribution in [1.29, 1.82) is 0 Å². The number of carbonyl (C=O) groups excluding carboxylic acids is 1. The van der Waals surface area contributed by atoms with Gasteiger partial charge in [0, 0.05) is 24.2 Å². The molecule has 1 aromatic carbocycles. The van der Waals surface area contributed by atoms with Crippen molar-refractivity contribution in [3.63, 3.8) is 0 Å². The summed E-state index contributed by atoms with van der Waals surface area (Å²) >= 11 is 0. The van der Waals surface area contributed by atoms with E-state index in [1.165, 1.54) is 0 Å². The SMILES string of the molecule is Cc1ccc(C(=O)N2CCC(O)(c3ccccc3)[C@@H]3CCCC[C@@H]32)c(=O)[nH]1. The summed E-state index contributed by atoms with van der Waals surface area (Å²) in [5.41, 5.74) is 0.612. The summed E-state index contributed by atoms with van der Waals surface area (Å²) in [6, 6.07) is 13.2. The van der Waals surface area contributed by atoms with E-state index in [4.69, 9.17) is 0 Å². The minimum atomic E-state index is -0.914. The van der Waals surface area contributed by atoms with Gasteiger partial charge in [0.25, 0.3) is 11.5 Å². The smallest absolute Gasteiger partial charge is 0.260 e. The molecule has 0 radical (unpaired) electrons. The van der Waals surface area contributed by atoms with Crippen LogP contribution in [0.2, 0.25) is 0 Å². The molecule has 0 bridgehead atoms. The van der Waals surface area contributed by atoms with Crippen LogP contribution < -0.4 is 5.56 Å². The van der Waals surface area contributed by atoms with Crippen molar-refractivity contribution >= 4 is 5.91 Å². The number of piperidine rings is 1. The Balaban J connectivity index is 1.67. The first-order valence-electron chi connectivity index (χ1n) is 9.79. The van der Waals surface area contributed by atoms with E-state index in [9.17, 15) is 14.7 Å². The lowest BCUT2D eigenvalue weighted by Gasteiger charge is -2.52. The van der Waals surface area contributed by atoms with Gasteiger partial charge in [-0.1, -0.05) is 43.2 Å². The van der Waals surface area contributed by atoms with E-state index in [1.807, 2.05) is 35.2 Å². The van der Waals surface area contributed by atoms with Gasteiger partial charge in [0.1, 0.15) is 5.56 Å². The average Bonchev–Trinajstić information content (AvgIpc) is 2.69. The third kappa shape index (κ3) is 3.10. The van der Waals surface area contributed by atoms with E-state index in [2.05, 4.69) is 4.98 Å². The van der Waals surface area contributed by atoms with Crippen molar-refractivity contribution in [3.8, 4) is 0 Å². The number of pyridine rings is 1. The van der Waals surface area contributed by atoms with Crippen LogP contribution in [-0.4, -0.2) is 33.5 Å². The summed E-state index contributed by atoms with van der Waals surface area (Å²) < 4.78 is 0. The van der Waals surface area contributed by atoms with Crippen molar-refractivity contribution in [2.45, 2.75) is 50.7 Å². The molecule has 142 valence electrons. The Morgan fingerprint density at radius 1 is 1.15 bits per heavy atom. The Kier molecular flexibility index (Phi) is 4.64. The Morgan fingerprint density at radius 2 is 1.89 bits per heavy atom. The normalized spacial score (nSPS) is 27.9. The van der Waals surface area contributed by atoms with Gasteiger partial charge in [-0.05, 0) is 43.9 Å². The lowest BCUT2D eigenvalue weighted by Crippen LogP contribution is -2.59. The molecule has 2 aliphatic rings. The molecular formula is C22H26N2O3. The number of carbonyl (C=O) groups is 1. The molecule has 27 heavy (non-hydrogen) atoms. The first-order valence-corrected chi connectivity index (χ1v) is 9.79. The molecule has 1 saturated heterocycles. The van der Waals surface area contributed by atoms with Gasteiger partial charge >= 0.3 is 0 Å². The number of H-pyrrole nitrogens is 1. The summed E-state index contributed by atoms with van der Waals surface area (Å²) in [6.07, 6.45) is 4.36. The van der Waals surface area contributed by atoms with Gasteiger partial charge in [-0.15, -0.1) is 0 Å². The van der Waals surface area contributed by atoms with Gasteiger partial charge in [0.2, 0.25) is 0 Å². The Hall–Kier alpha value is -2.40. The molecule has 1 unspecified atom stereocenters. The molecule has 1 amide bonds. The highest BCUT2D eigenvalue weighted by atomic mass is 16.3. The molecular weight excluding hydrogens is 340 g/mol. The highest BCUT2D eigenvalue weighted by Gasteiger charge is 2.50. The van der Waals surface area contributed by atoms with Crippen molar-refractivity contribution in [3.05, 3.63) is 69.6 Å². The van der Waals surface area contributed by atoms with Gasteiger partial charge < -0.3 is 15.0 Å². The number of likely N-dealkylation sites (tertiary alicyclic amines) is 1. The fraction of sp³-hybridized carbons (Fsp3) is 0.455. The molecule has 2 heterocycles. The van der Waals surface area contributed by atoms with Crippen LogP contribution in [0, 0.1) is 12.8 Å². The summed E-state index contributed by atoms with van der Waals surface area (Å²) in [4.78, 5) is 30.0. The van der Waals surface area contributed by atoms with Gasteiger partial charge in [-0.3, -0.25) is 9.59 Å². The quantitative estimate of drug-likeness (QED) is 0.858. The van der Waals surface area contributed by atoms with Crippen LogP contribution in [0.25, 0.3) is 0 Å². The largest absolute Gasteiger partial charge is 0.385 e. The molecule has 2 aromatic rings. The minimum absolute atomic E-state index is 0.00381. The third-order valence-corrected chi connectivity index (χ3v) is 6.30. The maximum Gasteiger partial charge on any atom is 0.260 e. The monoisotopic (exact) mass is 366 g/mol. The van der Waals surface area contributed by atoms with Gasteiger partial charge in [0.05, 0.1) is 5.60 Å². The van der Waals surface area contributed by atoms with Gasteiger partial charge in [0.15, 0.2) is 0 Å². The maximum absolute atomic E-state index is 13.2. The highest BCUT2D eigenvalue weighted by molar-refractivity contribution is 5.94. The molecule has 5 heteroatoms. The fourth-order valence-corrected chi connectivity index (χ4v) is 4.92. The first-order chi connectivity index (χ1) is 13.0. The number of rotatable bonds is 2. The van der Waals surface area contributed by atoms with E-state index in [0.29, 0.717) is 13.0 Å². The summed E-state index contributed by atoms with van der Waals surface area (Å²) in [5.74, 6) is -0.223. The number of hydrogen-bond donors (Lipinski definition) is 2. The zero-order valence-electron chi connectivity index (χ0n) is 15.6. The number of aromatic amines is 1. The van der Waals surface area contributed by atoms with E-state index < -0.39 is 5.60 Å². The molecule has 1 saturated carbocycles. The molecule has 0 spiro atoms. The Labute approximate surface area is 159 Å². The lowest BCUT2D eigenvalue weighted by atomic mass is 9.66.